The number of hydrogen-bond acceptors (Lipinski definition) is 33. The number of carbonyl (C=O) groups is 15. The van der Waals surface area contributed by atoms with Crippen molar-refractivity contribution in [3.63, 3.8) is 0 Å². The fraction of sp³-hybridized carbons (Fsp3) is 0.773. The fourth-order valence-electron chi connectivity index (χ4n) is 8.22. The van der Waals surface area contributed by atoms with Crippen LogP contribution in [0.2, 0.25) is 0 Å². The maximum Gasteiger partial charge on any atom is 0.361 e. The van der Waals surface area contributed by atoms with Gasteiger partial charge in [-0.05, 0) is 0 Å². The first-order valence-corrected chi connectivity index (χ1v) is 56.2. The third-order valence-corrected chi connectivity index (χ3v) is 21.8. The molecule has 37 nitrogen and oxygen atoms in total. The smallest absolute Gasteiger partial charge is 0.361 e. The lowest BCUT2D eigenvalue weighted by Crippen LogP contribution is -3.14. The molecule has 0 aromatic carbocycles. The summed E-state index contributed by atoms with van der Waals surface area (Å²) in [6, 6.07) is 0. The van der Waals surface area contributed by atoms with Crippen LogP contribution >= 0.6 is 335 Å². The minimum Gasteiger partial charge on any atom is -0.465 e. The zero-order chi connectivity index (χ0) is 94.6. The number of esters is 15. The molecule has 0 bridgehead atoms. The topological polar surface area (TPSA) is 440 Å². The van der Waals surface area contributed by atoms with Crippen molar-refractivity contribution in [2.24, 2.45) is 0 Å². The molecule has 0 aromatic heterocycles. The van der Waals surface area contributed by atoms with Gasteiger partial charge in [-0.25, -0.2) is 57.5 Å². The molecule has 0 fully saturated rings. The van der Waals surface area contributed by atoms with E-state index in [-0.39, 0.29) is 116 Å². The summed E-state index contributed by atoms with van der Waals surface area (Å²) in [6.45, 7) is 9.12. The van der Waals surface area contributed by atoms with E-state index in [9.17, 15) is 71.9 Å². The molecule has 58 heteroatoms. The van der Waals surface area contributed by atoms with Crippen LogP contribution in [0.4, 0.5) is 0 Å². The number of hydrogen-bond donors (Lipinski definition) is 4. The van der Waals surface area contributed by atoms with Crippen molar-refractivity contribution in [1.82, 2.24) is 0 Å². The summed E-state index contributed by atoms with van der Waals surface area (Å²) in [5, 5.41) is 0.588. The highest BCUT2D eigenvalue weighted by atomic mass is 80.0. The van der Waals surface area contributed by atoms with E-state index in [4.69, 9.17) is 85.3 Å². The lowest BCUT2D eigenvalue weighted by Gasteiger charge is -2.20. The van der Waals surface area contributed by atoms with Gasteiger partial charge in [0.25, 0.3) is 0 Å². The van der Waals surface area contributed by atoms with Gasteiger partial charge in [-0.2, -0.15) is 0 Å². The second-order valence-electron chi connectivity index (χ2n) is 23.2. The second-order valence-corrected chi connectivity index (χ2v) is 52.4. The van der Waals surface area contributed by atoms with Gasteiger partial charge in [0.15, 0.2) is 53.3 Å². The van der Waals surface area contributed by atoms with Crippen LogP contribution < -0.4 is 19.6 Å². The molecular weight excluding hydrogens is 3050 g/mol. The fourth-order valence-corrected chi connectivity index (χ4v) is 11.1. The highest BCUT2D eigenvalue weighted by molar-refractivity contribution is 9.27. The van der Waals surface area contributed by atoms with Gasteiger partial charge in [-0.15, -0.1) is 0 Å². The Morgan fingerprint density at radius 1 is 0.169 bits per heavy atom. The molecule has 124 heavy (non-hydrogen) atoms. The molecule has 0 rings (SSSR count). The van der Waals surface area contributed by atoms with E-state index in [2.05, 4.69) is 335 Å². The van der Waals surface area contributed by atoms with E-state index >= 15 is 0 Å². The Kier molecular flexibility index (Phi) is 95.9. The van der Waals surface area contributed by atoms with Crippen molar-refractivity contribution in [2.45, 2.75) is 72.2 Å². The molecule has 722 valence electrons. The number of ether oxygens (including phenoxy) is 18. The number of nitrogens with one attached hydrogen (secondary N) is 4. The molecule has 0 radical (unpaired) electrons. The van der Waals surface area contributed by atoms with E-state index in [1.54, 1.807) is 0 Å². The molecule has 0 atom stereocenters. The van der Waals surface area contributed by atoms with E-state index in [1.165, 1.54) is 14.7 Å². The van der Waals surface area contributed by atoms with Gasteiger partial charge in [-0.1, -0.05) is 335 Å². The number of halogens is 21. The van der Waals surface area contributed by atoms with Crippen LogP contribution in [0.3, 0.4) is 0 Å². The van der Waals surface area contributed by atoms with Crippen LogP contribution in [0.5, 0.6) is 0 Å². The van der Waals surface area contributed by atoms with Gasteiger partial charge in [0.05, 0.1) is 119 Å². The maximum absolute atomic E-state index is 12.2. The summed E-state index contributed by atoms with van der Waals surface area (Å²) in [7, 11) is 0. The van der Waals surface area contributed by atoms with Crippen LogP contribution in [-0.4, -0.2) is 356 Å². The predicted octanol–water partition coefficient (Wildman–Crippen LogP) is 6.25. The number of alkyl halides is 21. The molecule has 0 aromatic rings. The molecule has 0 amide bonds. The highest BCUT2D eigenvalue weighted by Crippen LogP contribution is 2.15. The normalized spacial score (nSPS) is 11.1. The molecular formula is C66H97Br21N4O33+4. The maximum atomic E-state index is 12.2. The summed E-state index contributed by atoms with van der Waals surface area (Å²) in [5.41, 5.74) is 0. The Balaban J connectivity index is -0.000000782. The Morgan fingerprint density at radius 3 is 0.492 bits per heavy atom. The molecule has 0 aliphatic rings. The number of carbonyl (C=O) groups excluding carboxylic acids is 15. The molecule has 4 N–H and O–H groups in total. The first kappa shape index (κ1) is 132. The van der Waals surface area contributed by atoms with Crippen molar-refractivity contribution in [2.75, 3.05) is 233 Å². The quantitative estimate of drug-likeness (QED) is 0.0226. The predicted molar refractivity (Wildman–Crippen MR) is 523 cm³/mol. The zero-order valence-corrected chi connectivity index (χ0v) is 99.1. The van der Waals surface area contributed by atoms with E-state index < -0.39 is 107 Å². The van der Waals surface area contributed by atoms with Gasteiger partial charge in [0.2, 0.25) is 0 Å². The molecule has 0 unspecified atom stereocenters. The molecule has 0 saturated heterocycles. The van der Waals surface area contributed by atoms with Gasteiger partial charge in [-0.3, -0.25) is 14.4 Å². The first-order valence-electron chi connectivity index (χ1n) is 36.4. The minimum absolute atomic E-state index is 0.119. The van der Waals surface area contributed by atoms with Crippen molar-refractivity contribution in [3.8, 4) is 0 Å². The second kappa shape index (κ2) is 90.0. The molecule has 0 heterocycles. The Bertz CT molecular complexity index is 2680. The average molecular weight is 3150 g/mol. The molecule has 0 aliphatic carbocycles. The van der Waals surface area contributed by atoms with Crippen LogP contribution in [0.25, 0.3) is 0 Å². The van der Waals surface area contributed by atoms with Crippen molar-refractivity contribution < 1.29 is 177 Å². The van der Waals surface area contributed by atoms with Crippen LogP contribution in [0, 0.1) is 0 Å². The number of quaternary nitrogens is 4. The van der Waals surface area contributed by atoms with Crippen LogP contribution in [0.1, 0.15) is 38.5 Å². The van der Waals surface area contributed by atoms with E-state index in [0.29, 0.717) is 118 Å². The van der Waals surface area contributed by atoms with E-state index in [1.807, 2.05) is 0 Å². The van der Waals surface area contributed by atoms with Gasteiger partial charge >= 0.3 is 89.5 Å². The van der Waals surface area contributed by atoms with E-state index in [0.717, 1.165) is 58.5 Å². The molecule has 0 aliphatic heterocycles. The highest BCUT2D eigenvalue weighted by Gasteiger charge is 2.27. The Morgan fingerprint density at radius 2 is 0.315 bits per heavy atom. The minimum atomic E-state index is -0.787. The van der Waals surface area contributed by atoms with Crippen molar-refractivity contribution >= 4 is 424 Å². The standard InChI is InChI=1S/C18H21Br6NO12.C18H27Br6NO9.C15H21Br6NO6.C15H24Br3NO6/c19-13(20)16(29)35-4-1-32-10(26)7-25(8-11(27)33-2-5-36-17(30)14(21)22)9-12(28)34-3-6-37-18(31)15(23)24;19-13(20)16(26)32-10-7-29-4-1-25(2-5-30-8-11-33-17(27)14(21)22)3-6-31-9-12-34-18(28)15(23)24;16-10(17)13(23)26-7-1-4-22(5-2-8-27-14(24)11(18)19)6-3-9-28-15(25)12(20)21;16-10-13(20)23-7-1-4-19(5-2-8-24-14(21)11-17)6-3-9-25-15(22)12-18/h13-15H,1-9H2;13-15H,1-12H2;10-12H,1-9H2;1-12H2/p+4. The molecule has 0 saturated carbocycles. The number of rotatable bonds is 69. The Hall–Kier alpha value is 1.85. The monoisotopic (exact) mass is 3130 g/mol. The lowest BCUT2D eigenvalue weighted by molar-refractivity contribution is -0.901. The third-order valence-electron chi connectivity index (χ3n) is 13.7. The third kappa shape index (κ3) is 87.9. The van der Waals surface area contributed by atoms with Crippen molar-refractivity contribution in [1.29, 1.82) is 0 Å². The van der Waals surface area contributed by atoms with Crippen molar-refractivity contribution in [3.05, 3.63) is 0 Å². The SMILES string of the molecule is O=C(CBr)OCCC[NH+](CCCOC(=O)CBr)CCCOC(=O)CBr.O=C(C[NH+](CC(=O)OCCOC(=O)C(Br)Br)CC(=O)OCCOC(=O)C(Br)Br)OCCOC(=O)C(Br)Br.O=C(OCCC[NH+](CCCOC(=O)C(Br)Br)CCCOC(=O)C(Br)Br)C(Br)Br.O=C(OCCOCC[NH+](CCOCCOC(=O)C(Br)Br)CCOCCOC(=O)C(Br)Br)C(Br)Br. The van der Waals surface area contributed by atoms with Gasteiger partial charge in [0.1, 0.15) is 95.1 Å². The Labute approximate surface area is 894 Å². The molecule has 0 spiro atoms. The summed E-state index contributed by atoms with van der Waals surface area (Å²) < 4.78 is 86.1. The summed E-state index contributed by atoms with van der Waals surface area (Å²) in [6.07, 6.45) is 4.33. The van der Waals surface area contributed by atoms with Gasteiger partial charge < -0.3 is 105 Å². The van der Waals surface area contributed by atoms with Crippen LogP contribution in [0.15, 0.2) is 0 Å². The zero-order valence-electron chi connectivity index (χ0n) is 65.8. The summed E-state index contributed by atoms with van der Waals surface area (Å²) in [5.74, 6) is -7.34. The van der Waals surface area contributed by atoms with Gasteiger partial charge in [0, 0.05) is 38.5 Å². The average Bonchev–Trinajstić information content (AvgIpc) is 0.919. The summed E-state index contributed by atoms with van der Waals surface area (Å²) >= 11 is 63.8. The summed E-state index contributed by atoms with van der Waals surface area (Å²) in [4.78, 5) is 176. The first-order chi connectivity index (χ1) is 58.6. The lowest BCUT2D eigenvalue weighted by atomic mass is 10.3. The largest absolute Gasteiger partial charge is 0.465 e. The van der Waals surface area contributed by atoms with Crippen LogP contribution in [-0.2, 0) is 157 Å².